The highest BCUT2D eigenvalue weighted by molar-refractivity contribution is 5.85. The van der Waals surface area contributed by atoms with Gasteiger partial charge in [0.25, 0.3) is 6.43 Å². The van der Waals surface area contributed by atoms with E-state index in [1.807, 2.05) is 30.3 Å². The normalized spacial score (nSPS) is 15.5. The number of ether oxygens (including phenoxy) is 1. The maximum atomic E-state index is 13.6. The average molecular weight is 421 g/mol. The first-order chi connectivity index (χ1) is 12.1. The van der Waals surface area contributed by atoms with Gasteiger partial charge < -0.3 is 15.2 Å². The molecule has 1 fully saturated rings. The second-order valence-electron chi connectivity index (χ2n) is 6.06. The summed E-state index contributed by atoms with van der Waals surface area (Å²) in [6.45, 7) is 2.75. The van der Waals surface area contributed by atoms with Crippen LogP contribution in [-0.2, 0) is 6.61 Å². The van der Waals surface area contributed by atoms with Gasteiger partial charge in [-0.2, -0.15) is 0 Å². The molecule has 2 aromatic rings. The number of hydrogen-bond donors (Lipinski definition) is 2. The zero-order valence-electron chi connectivity index (χ0n) is 14.7. The third-order valence-electron chi connectivity index (χ3n) is 4.35. The van der Waals surface area contributed by atoms with Crippen LogP contribution in [0, 0.1) is 0 Å². The van der Waals surface area contributed by atoms with Gasteiger partial charge in [0.2, 0.25) is 0 Å². The van der Waals surface area contributed by atoms with Gasteiger partial charge in [-0.15, -0.1) is 24.8 Å². The molecule has 1 atom stereocenters. The number of piperazine rings is 1. The monoisotopic (exact) mass is 420 g/mol. The largest absolute Gasteiger partial charge is 0.507 e. The number of rotatable bonds is 6. The van der Waals surface area contributed by atoms with Crippen molar-refractivity contribution >= 4 is 24.8 Å². The van der Waals surface area contributed by atoms with Gasteiger partial charge in [0.15, 0.2) is 0 Å². The predicted octanol–water partition coefficient (Wildman–Crippen LogP) is 4.03. The number of nitrogens with zero attached hydrogens (tertiary/aromatic N) is 1. The van der Waals surface area contributed by atoms with Crippen LogP contribution < -0.4 is 10.1 Å². The first kappa shape index (κ1) is 23.4. The maximum absolute atomic E-state index is 13.6. The lowest BCUT2D eigenvalue weighted by Gasteiger charge is -2.34. The van der Waals surface area contributed by atoms with Crippen LogP contribution in [0.4, 0.5) is 8.78 Å². The highest BCUT2D eigenvalue weighted by Crippen LogP contribution is 2.35. The van der Waals surface area contributed by atoms with Crippen LogP contribution in [0.3, 0.4) is 0 Å². The lowest BCUT2D eigenvalue weighted by atomic mass is 10.0. The highest BCUT2D eigenvalue weighted by atomic mass is 35.5. The van der Waals surface area contributed by atoms with Crippen molar-refractivity contribution in [2.24, 2.45) is 0 Å². The topological polar surface area (TPSA) is 44.7 Å². The van der Waals surface area contributed by atoms with Crippen molar-refractivity contribution in [3.8, 4) is 11.5 Å². The number of phenolic OH excluding ortho intramolecular Hbond substituents is 1. The molecule has 0 aliphatic carbocycles. The molecule has 0 radical (unpaired) electrons. The van der Waals surface area contributed by atoms with Gasteiger partial charge in [-0.25, -0.2) is 8.78 Å². The molecule has 150 valence electrons. The molecular weight excluding hydrogens is 397 g/mol. The minimum atomic E-state index is -2.57. The molecule has 0 amide bonds. The predicted molar refractivity (Wildman–Crippen MR) is 107 cm³/mol. The molecular formula is C19H24Cl2F2N2O2. The molecule has 0 saturated carbocycles. The van der Waals surface area contributed by atoms with E-state index in [9.17, 15) is 13.9 Å². The molecule has 8 heteroatoms. The van der Waals surface area contributed by atoms with E-state index in [1.54, 1.807) is 11.0 Å². The fourth-order valence-electron chi connectivity index (χ4n) is 3.06. The van der Waals surface area contributed by atoms with E-state index in [1.165, 1.54) is 12.1 Å². The Labute approximate surface area is 170 Å². The smallest absolute Gasteiger partial charge is 0.258 e. The van der Waals surface area contributed by atoms with Gasteiger partial charge in [-0.1, -0.05) is 30.3 Å². The summed E-state index contributed by atoms with van der Waals surface area (Å²) >= 11 is 0. The summed E-state index contributed by atoms with van der Waals surface area (Å²) in [7, 11) is 0. The zero-order chi connectivity index (χ0) is 17.6. The first-order valence-corrected chi connectivity index (χ1v) is 8.37. The summed E-state index contributed by atoms with van der Waals surface area (Å²) in [6, 6.07) is 13.1. The number of benzene rings is 2. The molecule has 0 unspecified atom stereocenters. The molecule has 1 aliphatic rings. The van der Waals surface area contributed by atoms with Crippen molar-refractivity contribution in [1.29, 1.82) is 0 Å². The van der Waals surface area contributed by atoms with E-state index < -0.39 is 12.5 Å². The lowest BCUT2D eigenvalue weighted by Crippen LogP contribution is -2.46. The molecule has 2 aromatic carbocycles. The SMILES string of the molecule is Cl.Cl.Oc1cc(OCc2ccccc2)ccc1[C@@H](C(F)F)N1CCNCC1. The van der Waals surface area contributed by atoms with Crippen molar-refractivity contribution in [3.63, 3.8) is 0 Å². The van der Waals surface area contributed by atoms with E-state index in [-0.39, 0.29) is 36.1 Å². The molecule has 1 aliphatic heterocycles. The molecule has 4 nitrogen and oxygen atoms in total. The third-order valence-corrected chi connectivity index (χ3v) is 4.35. The van der Waals surface area contributed by atoms with Gasteiger partial charge in [0.1, 0.15) is 18.1 Å². The van der Waals surface area contributed by atoms with E-state index >= 15 is 0 Å². The van der Waals surface area contributed by atoms with Crippen LogP contribution in [0.5, 0.6) is 11.5 Å². The maximum Gasteiger partial charge on any atom is 0.258 e. The van der Waals surface area contributed by atoms with Crippen LogP contribution in [0.25, 0.3) is 0 Å². The van der Waals surface area contributed by atoms with Crippen molar-refractivity contribution in [2.75, 3.05) is 26.2 Å². The summed E-state index contributed by atoms with van der Waals surface area (Å²) in [5, 5.41) is 13.4. The summed E-state index contributed by atoms with van der Waals surface area (Å²) < 4.78 is 32.9. The number of halogens is 4. The molecule has 1 heterocycles. The Hall–Kier alpha value is -1.60. The fourth-order valence-corrected chi connectivity index (χ4v) is 3.06. The summed E-state index contributed by atoms with van der Waals surface area (Å²) in [5.74, 6) is 0.299. The van der Waals surface area contributed by atoms with Crippen LogP contribution in [-0.4, -0.2) is 42.6 Å². The number of nitrogens with one attached hydrogen (secondary N) is 1. The van der Waals surface area contributed by atoms with Gasteiger partial charge >= 0.3 is 0 Å². The van der Waals surface area contributed by atoms with Crippen LogP contribution in [0.1, 0.15) is 17.2 Å². The summed E-state index contributed by atoms with van der Waals surface area (Å²) in [4.78, 5) is 1.71. The highest BCUT2D eigenvalue weighted by Gasteiger charge is 2.32. The van der Waals surface area contributed by atoms with E-state index in [0.717, 1.165) is 5.56 Å². The Morgan fingerprint density at radius 2 is 1.70 bits per heavy atom. The quantitative estimate of drug-likeness (QED) is 0.740. The van der Waals surface area contributed by atoms with Gasteiger partial charge in [-0.05, 0) is 17.7 Å². The van der Waals surface area contributed by atoms with E-state index in [4.69, 9.17) is 4.74 Å². The van der Waals surface area contributed by atoms with Crippen molar-refractivity contribution < 1.29 is 18.6 Å². The van der Waals surface area contributed by atoms with Gasteiger partial charge in [0, 0.05) is 37.8 Å². The molecule has 0 spiro atoms. The van der Waals surface area contributed by atoms with Crippen LogP contribution >= 0.6 is 24.8 Å². The van der Waals surface area contributed by atoms with Gasteiger partial charge in [0.05, 0.1) is 6.04 Å². The van der Waals surface area contributed by atoms with Crippen LogP contribution in [0.15, 0.2) is 48.5 Å². The first-order valence-electron chi connectivity index (χ1n) is 8.37. The van der Waals surface area contributed by atoms with E-state index in [0.29, 0.717) is 38.5 Å². The van der Waals surface area contributed by atoms with Crippen molar-refractivity contribution in [3.05, 3.63) is 59.7 Å². The fraction of sp³-hybridized carbons (Fsp3) is 0.368. The second kappa shape index (κ2) is 11.3. The van der Waals surface area contributed by atoms with Crippen molar-refractivity contribution in [2.45, 2.75) is 19.1 Å². The molecule has 1 saturated heterocycles. The van der Waals surface area contributed by atoms with Gasteiger partial charge in [-0.3, -0.25) is 4.90 Å². The number of hydrogen-bond acceptors (Lipinski definition) is 4. The number of phenols is 1. The Morgan fingerprint density at radius 1 is 1.04 bits per heavy atom. The van der Waals surface area contributed by atoms with E-state index in [2.05, 4.69) is 5.32 Å². The summed E-state index contributed by atoms with van der Waals surface area (Å²) in [5.41, 5.74) is 1.24. The molecule has 2 N–H and O–H groups in total. The molecule has 0 bridgehead atoms. The Bertz CT molecular complexity index is 687. The Morgan fingerprint density at radius 3 is 2.30 bits per heavy atom. The Kier molecular flexibility index (Phi) is 9.80. The van der Waals surface area contributed by atoms with Crippen molar-refractivity contribution in [1.82, 2.24) is 10.2 Å². The molecule has 0 aromatic heterocycles. The zero-order valence-corrected chi connectivity index (χ0v) is 16.3. The van der Waals surface area contributed by atoms with Crippen LogP contribution in [0.2, 0.25) is 0 Å². The minimum absolute atomic E-state index is 0. The Balaban J connectivity index is 0.00000182. The second-order valence-corrected chi connectivity index (χ2v) is 6.06. The number of alkyl halides is 2. The standard InChI is InChI=1S/C19H22F2N2O2.2ClH/c20-19(21)18(23-10-8-22-9-11-23)16-7-6-15(12-17(16)24)25-13-14-4-2-1-3-5-14;;/h1-7,12,18-19,22,24H,8-11,13H2;2*1H/t18-;;/m0../s1. The molecule has 3 rings (SSSR count). The summed E-state index contributed by atoms with van der Waals surface area (Å²) in [6.07, 6.45) is -2.57. The molecule has 27 heavy (non-hydrogen) atoms. The third kappa shape index (κ3) is 6.21. The number of aromatic hydroxyl groups is 1. The minimum Gasteiger partial charge on any atom is -0.507 e. The average Bonchev–Trinajstić information content (AvgIpc) is 2.63. The lowest BCUT2D eigenvalue weighted by molar-refractivity contribution is 0.0170.